The van der Waals surface area contributed by atoms with E-state index >= 15 is 0 Å². The summed E-state index contributed by atoms with van der Waals surface area (Å²) in [6, 6.07) is 7.72. The molecule has 0 saturated heterocycles. The predicted molar refractivity (Wildman–Crippen MR) is 121 cm³/mol. The lowest BCUT2D eigenvalue weighted by Gasteiger charge is -2.20. The first-order valence-corrected chi connectivity index (χ1v) is 11.6. The van der Waals surface area contributed by atoms with Crippen LogP contribution in [0.3, 0.4) is 0 Å². The molecule has 0 atom stereocenters. The molecular formula is C22H23N3O4S2. The molecule has 9 heteroatoms. The number of hydrogen-bond donors (Lipinski definition) is 1. The standard InChI is InChI=1S/C22H23N3O4S2/c1-12-8-16(17(26)11-30-22-24-13(2)20(31-22)10-21(23)27)14(3)25(12)15-4-5-18-19(9-15)29-7-6-28-18/h4-5,8-9H,6-7,10-11H2,1-3H3,(H2,23,27). The van der Waals surface area contributed by atoms with Crippen molar-refractivity contribution in [2.45, 2.75) is 31.5 Å². The normalized spacial score (nSPS) is 12.7. The Bertz CT molecular complexity index is 1170. The van der Waals surface area contributed by atoms with Crippen LogP contribution in [0.1, 0.15) is 32.3 Å². The zero-order chi connectivity index (χ0) is 22.1. The number of amides is 1. The molecule has 0 fully saturated rings. The van der Waals surface area contributed by atoms with Gasteiger partial charge in [0, 0.05) is 33.6 Å². The topological polar surface area (TPSA) is 96.4 Å². The van der Waals surface area contributed by atoms with Gasteiger partial charge in [-0.25, -0.2) is 4.98 Å². The van der Waals surface area contributed by atoms with E-state index in [1.54, 1.807) is 0 Å². The van der Waals surface area contributed by atoms with E-state index in [0.29, 0.717) is 24.5 Å². The van der Waals surface area contributed by atoms with Crippen molar-refractivity contribution < 1.29 is 19.1 Å². The van der Waals surface area contributed by atoms with Crippen LogP contribution in [-0.4, -0.2) is 40.2 Å². The van der Waals surface area contributed by atoms with Crippen LogP contribution in [0.2, 0.25) is 0 Å². The Morgan fingerprint density at radius 1 is 1.16 bits per heavy atom. The van der Waals surface area contributed by atoms with Crippen LogP contribution >= 0.6 is 23.1 Å². The molecule has 2 aromatic heterocycles. The lowest BCUT2D eigenvalue weighted by Crippen LogP contribution is -2.15. The summed E-state index contributed by atoms with van der Waals surface area (Å²) in [5.41, 5.74) is 9.53. The van der Waals surface area contributed by atoms with Crippen molar-refractivity contribution in [2.24, 2.45) is 5.73 Å². The van der Waals surface area contributed by atoms with E-state index in [4.69, 9.17) is 15.2 Å². The van der Waals surface area contributed by atoms with E-state index in [0.717, 1.165) is 37.7 Å². The highest BCUT2D eigenvalue weighted by Gasteiger charge is 2.20. The Balaban J connectivity index is 1.52. The number of hydrogen-bond acceptors (Lipinski definition) is 7. The van der Waals surface area contributed by atoms with Gasteiger partial charge in [-0.15, -0.1) is 11.3 Å². The molecule has 0 unspecified atom stereocenters. The van der Waals surface area contributed by atoms with Crippen LogP contribution in [0.5, 0.6) is 11.5 Å². The van der Waals surface area contributed by atoms with Crippen molar-refractivity contribution in [1.29, 1.82) is 0 Å². The van der Waals surface area contributed by atoms with Gasteiger partial charge >= 0.3 is 0 Å². The summed E-state index contributed by atoms with van der Waals surface area (Å²) >= 11 is 2.80. The van der Waals surface area contributed by atoms with Crippen molar-refractivity contribution >= 4 is 34.8 Å². The van der Waals surface area contributed by atoms with Crippen molar-refractivity contribution in [2.75, 3.05) is 19.0 Å². The van der Waals surface area contributed by atoms with E-state index in [9.17, 15) is 9.59 Å². The van der Waals surface area contributed by atoms with Gasteiger partial charge in [0.2, 0.25) is 5.91 Å². The molecule has 7 nitrogen and oxygen atoms in total. The third kappa shape index (κ3) is 4.47. The number of thiazole rings is 1. The third-order valence-electron chi connectivity index (χ3n) is 5.05. The maximum atomic E-state index is 13.0. The summed E-state index contributed by atoms with van der Waals surface area (Å²) in [5, 5.41) is 0. The molecule has 1 aromatic carbocycles. The molecule has 0 bridgehead atoms. The van der Waals surface area contributed by atoms with Crippen LogP contribution in [0.4, 0.5) is 0 Å². The van der Waals surface area contributed by atoms with Gasteiger partial charge in [0.15, 0.2) is 21.6 Å². The summed E-state index contributed by atoms with van der Waals surface area (Å²) in [7, 11) is 0. The second-order valence-corrected chi connectivity index (χ2v) is 9.60. The smallest absolute Gasteiger partial charge is 0.222 e. The molecule has 0 radical (unpaired) electrons. The zero-order valence-corrected chi connectivity index (χ0v) is 19.2. The Morgan fingerprint density at radius 3 is 2.65 bits per heavy atom. The molecule has 0 spiro atoms. The summed E-state index contributed by atoms with van der Waals surface area (Å²) < 4.78 is 14.1. The van der Waals surface area contributed by atoms with E-state index < -0.39 is 0 Å². The van der Waals surface area contributed by atoms with Gasteiger partial charge in [-0.3, -0.25) is 9.59 Å². The summed E-state index contributed by atoms with van der Waals surface area (Å²) in [6.45, 7) is 6.85. The molecule has 1 aliphatic rings. The Morgan fingerprint density at radius 2 is 1.90 bits per heavy atom. The molecule has 31 heavy (non-hydrogen) atoms. The highest BCUT2D eigenvalue weighted by molar-refractivity contribution is 8.01. The predicted octanol–water partition coefficient (Wildman–Crippen LogP) is 3.63. The Kier molecular flexibility index (Phi) is 6.06. The quantitative estimate of drug-likeness (QED) is 0.430. The number of aryl methyl sites for hydroxylation is 2. The Labute approximate surface area is 188 Å². The van der Waals surface area contributed by atoms with Gasteiger partial charge in [0.25, 0.3) is 0 Å². The average Bonchev–Trinajstić information content (AvgIpc) is 3.23. The maximum Gasteiger partial charge on any atom is 0.222 e. The van der Waals surface area contributed by atoms with Crippen LogP contribution in [0.15, 0.2) is 28.6 Å². The van der Waals surface area contributed by atoms with Gasteiger partial charge in [-0.1, -0.05) is 11.8 Å². The fraction of sp³-hybridized carbons (Fsp3) is 0.318. The molecule has 2 N–H and O–H groups in total. The number of carbonyl (C=O) groups excluding carboxylic acids is 2. The number of thioether (sulfide) groups is 1. The minimum Gasteiger partial charge on any atom is -0.486 e. The number of nitrogens with two attached hydrogens (primary N) is 1. The highest BCUT2D eigenvalue weighted by Crippen LogP contribution is 2.34. The van der Waals surface area contributed by atoms with Gasteiger partial charge < -0.3 is 19.8 Å². The fourth-order valence-corrected chi connectivity index (χ4v) is 5.73. The fourth-order valence-electron chi connectivity index (χ4n) is 3.60. The van der Waals surface area contributed by atoms with Crippen molar-refractivity contribution in [1.82, 2.24) is 9.55 Å². The van der Waals surface area contributed by atoms with E-state index in [-0.39, 0.29) is 23.9 Å². The maximum absolute atomic E-state index is 13.0. The molecule has 1 aliphatic heterocycles. The Hall–Kier alpha value is -2.78. The molecule has 0 aliphatic carbocycles. The average molecular weight is 458 g/mol. The van der Waals surface area contributed by atoms with Crippen LogP contribution in [-0.2, 0) is 11.2 Å². The second kappa shape index (κ2) is 8.76. The van der Waals surface area contributed by atoms with Gasteiger partial charge in [-0.05, 0) is 39.0 Å². The van der Waals surface area contributed by atoms with Crippen molar-refractivity contribution in [3.63, 3.8) is 0 Å². The first-order chi connectivity index (χ1) is 14.8. The lowest BCUT2D eigenvalue weighted by molar-refractivity contribution is -0.117. The first-order valence-electron chi connectivity index (χ1n) is 9.83. The van der Waals surface area contributed by atoms with Crippen LogP contribution < -0.4 is 15.2 Å². The lowest BCUT2D eigenvalue weighted by atomic mass is 10.2. The van der Waals surface area contributed by atoms with E-state index in [1.165, 1.54) is 23.1 Å². The minimum atomic E-state index is -0.383. The SMILES string of the molecule is Cc1nc(SCC(=O)c2cc(C)n(-c3ccc4c(c3)OCCO4)c2C)sc1CC(N)=O. The number of primary amides is 1. The van der Waals surface area contributed by atoms with Crippen LogP contribution in [0.25, 0.3) is 5.69 Å². The molecule has 3 heterocycles. The zero-order valence-electron chi connectivity index (χ0n) is 17.6. The van der Waals surface area contributed by atoms with Gasteiger partial charge in [-0.2, -0.15) is 0 Å². The van der Waals surface area contributed by atoms with Crippen molar-refractivity contribution in [3.05, 3.63) is 51.8 Å². The van der Waals surface area contributed by atoms with Crippen LogP contribution in [0, 0.1) is 20.8 Å². The number of ether oxygens (including phenoxy) is 2. The van der Waals surface area contributed by atoms with E-state index in [1.807, 2.05) is 45.0 Å². The highest BCUT2D eigenvalue weighted by atomic mass is 32.2. The molecule has 0 saturated carbocycles. The van der Waals surface area contributed by atoms with Crippen molar-refractivity contribution in [3.8, 4) is 17.2 Å². The number of benzene rings is 1. The number of ketones is 1. The number of carbonyl (C=O) groups is 2. The number of fused-ring (bicyclic) bond motifs is 1. The first kappa shape index (κ1) is 21.5. The number of rotatable bonds is 7. The largest absolute Gasteiger partial charge is 0.486 e. The number of aromatic nitrogens is 2. The molecule has 162 valence electrons. The molecule has 3 aromatic rings. The second-order valence-electron chi connectivity index (χ2n) is 7.29. The molecule has 1 amide bonds. The molecule has 4 rings (SSSR count). The monoisotopic (exact) mass is 457 g/mol. The number of nitrogens with zero attached hydrogens (tertiary/aromatic N) is 2. The number of Topliss-reactive ketones (excluding diaryl/α,β-unsaturated/α-hetero) is 1. The third-order valence-corrected chi connectivity index (χ3v) is 7.35. The summed E-state index contributed by atoms with van der Waals surface area (Å²) in [5.74, 6) is 1.37. The van der Waals surface area contributed by atoms with Gasteiger partial charge in [0.1, 0.15) is 13.2 Å². The minimum absolute atomic E-state index is 0.0335. The summed E-state index contributed by atoms with van der Waals surface area (Å²) in [6.07, 6.45) is 0.175. The molecular weight excluding hydrogens is 434 g/mol. The summed E-state index contributed by atoms with van der Waals surface area (Å²) in [4.78, 5) is 29.4. The van der Waals surface area contributed by atoms with Gasteiger partial charge in [0.05, 0.1) is 17.9 Å². The van der Waals surface area contributed by atoms with E-state index in [2.05, 4.69) is 9.55 Å².